The molecular weight excluding hydrogens is 317 g/mol. The van der Waals surface area contributed by atoms with Crippen LogP contribution in [-0.4, -0.2) is 6.04 Å². The lowest BCUT2D eigenvalue weighted by molar-refractivity contribution is 0.373. The van der Waals surface area contributed by atoms with Gasteiger partial charge in [0.2, 0.25) is 0 Å². The van der Waals surface area contributed by atoms with E-state index in [-0.39, 0.29) is 5.82 Å². The Morgan fingerprint density at radius 2 is 1.90 bits per heavy atom. The average molecular weight is 334 g/mol. The maximum Gasteiger partial charge on any atom is 0.123 e. The van der Waals surface area contributed by atoms with E-state index >= 15 is 0 Å². The molecule has 1 aliphatic carbocycles. The Morgan fingerprint density at radius 1 is 1.15 bits per heavy atom. The fourth-order valence-corrected chi connectivity index (χ4v) is 3.13. The molecule has 1 N–H and O–H groups in total. The molecule has 0 bridgehead atoms. The highest BCUT2D eigenvalue weighted by atomic mass is 79.9. The van der Waals surface area contributed by atoms with E-state index in [0.29, 0.717) is 12.0 Å². The highest BCUT2D eigenvalue weighted by molar-refractivity contribution is 9.10. The first kappa shape index (κ1) is 13.6. The second-order valence-electron chi connectivity index (χ2n) is 5.50. The zero-order valence-electron chi connectivity index (χ0n) is 11.4. The van der Waals surface area contributed by atoms with Crippen LogP contribution in [0.15, 0.2) is 46.9 Å². The number of halogens is 2. The van der Waals surface area contributed by atoms with Crippen molar-refractivity contribution in [1.82, 2.24) is 0 Å². The number of nitrogens with one attached hydrogen (secondary N) is 1. The van der Waals surface area contributed by atoms with Crippen molar-refractivity contribution in [3.63, 3.8) is 0 Å². The molecule has 2 aromatic rings. The summed E-state index contributed by atoms with van der Waals surface area (Å²) in [6.45, 7) is 2.09. The predicted octanol–water partition coefficient (Wildman–Crippen LogP) is 5.25. The van der Waals surface area contributed by atoms with Gasteiger partial charge < -0.3 is 5.32 Å². The molecule has 0 unspecified atom stereocenters. The standard InChI is InChI=1S/C17H17BrFN/c1-11-4-2-7-16(17(11)18)20-15-9-13(10-15)12-5-3-6-14(19)8-12/h2-8,13,15,20H,9-10H2,1H3. The van der Waals surface area contributed by atoms with Gasteiger partial charge in [0.1, 0.15) is 5.82 Å². The predicted molar refractivity (Wildman–Crippen MR) is 84.7 cm³/mol. The van der Waals surface area contributed by atoms with Gasteiger partial charge >= 0.3 is 0 Å². The molecule has 3 heteroatoms. The minimum atomic E-state index is -0.139. The summed E-state index contributed by atoms with van der Waals surface area (Å²) in [5.41, 5.74) is 3.50. The van der Waals surface area contributed by atoms with Crippen molar-refractivity contribution in [2.45, 2.75) is 31.7 Å². The third-order valence-electron chi connectivity index (χ3n) is 4.01. The second kappa shape index (κ2) is 5.57. The molecule has 0 heterocycles. The Hall–Kier alpha value is -1.35. The third-order valence-corrected chi connectivity index (χ3v) is 5.06. The lowest BCUT2D eigenvalue weighted by Crippen LogP contribution is -2.34. The Kier molecular flexibility index (Phi) is 3.79. The molecule has 104 valence electrons. The monoisotopic (exact) mass is 333 g/mol. The molecule has 20 heavy (non-hydrogen) atoms. The zero-order chi connectivity index (χ0) is 14.1. The molecule has 0 aromatic heterocycles. The summed E-state index contributed by atoms with van der Waals surface area (Å²) in [4.78, 5) is 0. The summed E-state index contributed by atoms with van der Waals surface area (Å²) in [6.07, 6.45) is 2.12. The molecule has 1 nitrogen and oxygen atoms in total. The number of anilines is 1. The van der Waals surface area contributed by atoms with Gasteiger partial charge in [0.15, 0.2) is 0 Å². The molecule has 0 saturated heterocycles. The van der Waals surface area contributed by atoms with Crippen molar-refractivity contribution in [2.75, 3.05) is 5.32 Å². The van der Waals surface area contributed by atoms with E-state index in [4.69, 9.17) is 0 Å². The number of benzene rings is 2. The van der Waals surface area contributed by atoms with Gasteiger partial charge in [0, 0.05) is 16.2 Å². The third kappa shape index (κ3) is 2.73. The topological polar surface area (TPSA) is 12.0 Å². The number of hydrogen-bond donors (Lipinski definition) is 1. The van der Waals surface area contributed by atoms with E-state index in [9.17, 15) is 4.39 Å². The van der Waals surface area contributed by atoms with Crippen LogP contribution >= 0.6 is 15.9 Å². The maximum atomic E-state index is 13.2. The van der Waals surface area contributed by atoms with Crippen molar-refractivity contribution < 1.29 is 4.39 Å². The fourth-order valence-electron chi connectivity index (χ4n) is 2.75. The highest BCUT2D eigenvalue weighted by Gasteiger charge is 2.30. The van der Waals surface area contributed by atoms with Gasteiger partial charge in [-0.05, 0) is 70.9 Å². The number of aryl methyl sites for hydroxylation is 1. The smallest absolute Gasteiger partial charge is 0.123 e. The summed E-state index contributed by atoms with van der Waals surface area (Å²) in [7, 11) is 0. The van der Waals surface area contributed by atoms with Gasteiger partial charge in [-0.1, -0.05) is 24.3 Å². The normalized spacial score (nSPS) is 21.4. The first-order chi connectivity index (χ1) is 9.63. The molecule has 0 amide bonds. The van der Waals surface area contributed by atoms with Crippen LogP contribution in [-0.2, 0) is 0 Å². The van der Waals surface area contributed by atoms with Gasteiger partial charge in [0.25, 0.3) is 0 Å². The molecule has 1 fully saturated rings. The van der Waals surface area contributed by atoms with E-state index in [2.05, 4.69) is 46.4 Å². The van der Waals surface area contributed by atoms with Crippen molar-refractivity contribution in [1.29, 1.82) is 0 Å². The van der Waals surface area contributed by atoms with Crippen LogP contribution in [0.4, 0.5) is 10.1 Å². The number of hydrogen-bond acceptors (Lipinski definition) is 1. The van der Waals surface area contributed by atoms with E-state index < -0.39 is 0 Å². The van der Waals surface area contributed by atoms with Crippen LogP contribution in [0.3, 0.4) is 0 Å². The van der Waals surface area contributed by atoms with Gasteiger partial charge in [-0.3, -0.25) is 0 Å². The molecule has 2 aromatic carbocycles. The van der Waals surface area contributed by atoms with Gasteiger partial charge in [-0.25, -0.2) is 4.39 Å². The molecule has 3 rings (SSSR count). The largest absolute Gasteiger partial charge is 0.381 e. The lowest BCUT2D eigenvalue weighted by atomic mass is 9.76. The van der Waals surface area contributed by atoms with Crippen LogP contribution in [0, 0.1) is 12.7 Å². The quantitative estimate of drug-likeness (QED) is 0.808. The average Bonchev–Trinajstić information content (AvgIpc) is 2.38. The summed E-state index contributed by atoms with van der Waals surface area (Å²) >= 11 is 3.62. The first-order valence-electron chi connectivity index (χ1n) is 6.90. The second-order valence-corrected chi connectivity index (χ2v) is 6.29. The van der Waals surface area contributed by atoms with Crippen LogP contribution in [0.2, 0.25) is 0 Å². The van der Waals surface area contributed by atoms with Crippen LogP contribution < -0.4 is 5.32 Å². The van der Waals surface area contributed by atoms with Crippen LogP contribution in [0.1, 0.15) is 29.9 Å². The van der Waals surface area contributed by atoms with Crippen LogP contribution in [0.25, 0.3) is 0 Å². The van der Waals surface area contributed by atoms with Crippen LogP contribution in [0.5, 0.6) is 0 Å². The Morgan fingerprint density at radius 3 is 2.65 bits per heavy atom. The first-order valence-corrected chi connectivity index (χ1v) is 7.70. The zero-order valence-corrected chi connectivity index (χ0v) is 13.0. The minimum Gasteiger partial charge on any atom is -0.381 e. The SMILES string of the molecule is Cc1cccc(NC2CC(c3cccc(F)c3)C2)c1Br. The number of rotatable bonds is 3. The Labute approximate surface area is 127 Å². The molecule has 0 atom stereocenters. The molecule has 1 saturated carbocycles. The van der Waals surface area contributed by atoms with E-state index in [1.54, 1.807) is 12.1 Å². The molecule has 0 spiro atoms. The summed E-state index contributed by atoms with van der Waals surface area (Å²) in [6, 6.07) is 13.7. The van der Waals surface area contributed by atoms with Gasteiger partial charge in [-0.15, -0.1) is 0 Å². The molecular formula is C17H17BrFN. The van der Waals surface area contributed by atoms with Crippen molar-refractivity contribution in [3.05, 3.63) is 63.9 Å². The molecule has 1 aliphatic rings. The fraction of sp³-hybridized carbons (Fsp3) is 0.294. The maximum absolute atomic E-state index is 13.2. The molecule has 0 aliphatic heterocycles. The van der Waals surface area contributed by atoms with E-state index in [0.717, 1.165) is 28.6 Å². The van der Waals surface area contributed by atoms with E-state index in [1.807, 2.05) is 6.07 Å². The van der Waals surface area contributed by atoms with Crippen molar-refractivity contribution in [2.24, 2.45) is 0 Å². The van der Waals surface area contributed by atoms with E-state index in [1.165, 1.54) is 11.6 Å². The summed E-state index contributed by atoms with van der Waals surface area (Å²) < 4.78 is 14.3. The Bertz CT molecular complexity index is 620. The lowest BCUT2D eigenvalue weighted by Gasteiger charge is -2.37. The Balaban J connectivity index is 1.62. The minimum absolute atomic E-state index is 0.139. The highest BCUT2D eigenvalue weighted by Crippen LogP contribution is 2.39. The summed E-state index contributed by atoms with van der Waals surface area (Å²) in [5.74, 6) is 0.340. The van der Waals surface area contributed by atoms with Crippen molar-refractivity contribution in [3.8, 4) is 0 Å². The van der Waals surface area contributed by atoms with Gasteiger partial charge in [0.05, 0.1) is 0 Å². The summed E-state index contributed by atoms with van der Waals surface area (Å²) in [5, 5.41) is 3.56. The molecule has 0 radical (unpaired) electrons. The van der Waals surface area contributed by atoms with Crippen molar-refractivity contribution >= 4 is 21.6 Å². The van der Waals surface area contributed by atoms with Gasteiger partial charge in [-0.2, -0.15) is 0 Å².